The second kappa shape index (κ2) is 4.42. The number of aromatic nitrogens is 1. The van der Waals surface area contributed by atoms with Crippen molar-refractivity contribution in [2.75, 3.05) is 19.0 Å². The molecule has 78 valence electrons. The molecule has 0 amide bonds. The third-order valence-corrected chi connectivity index (χ3v) is 1.86. The molecule has 1 aromatic heterocycles. The van der Waals surface area contributed by atoms with Crippen LogP contribution in [0.3, 0.4) is 0 Å². The Kier molecular flexibility index (Phi) is 3.47. The second-order valence-electron chi connectivity index (χ2n) is 4.11. The lowest BCUT2D eigenvalue weighted by Crippen LogP contribution is -2.36. The molecule has 14 heavy (non-hydrogen) atoms. The highest BCUT2D eigenvalue weighted by molar-refractivity contribution is 5.37. The van der Waals surface area contributed by atoms with E-state index in [-0.39, 0.29) is 5.54 Å². The summed E-state index contributed by atoms with van der Waals surface area (Å²) in [5.41, 5.74) is 0.929. The minimum Gasteiger partial charge on any atom is -0.382 e. The van der Waals surface area contributed by atoms with Crippen LogP contribution < -0.4 is 5.32 Å². The molecule has 0 saturated heterocycles. The molecular formula is C11H18N2O. The molecule has 0 unspecified atom stereocenters. The van der Waals surface area contributed by atoms with Gasteiger partial charge in [0.15, 0.2) is 0 Å². The van der Waals surface area contributed by atoms with E-state index in [1.165, 1.54) is 0 Å². The van der Waals surface area contributed by atoms with Gasteiger partial charge in [0.25, 0.3) is 0 Å². The van der Waals surface area contributed by atoms with E-state index in [2.05, 4.69) is 24.1 Å². The van der Waals surface area contributed by atoms with E-state index in [4.69, 9.17) is 4.74 Å². The minimum absolute atomic E-state index is 0.0878. The van der Waals surface area contributed by atoms with E-state index in [0.717, 1.165) is 11.5 Å². The van der Waals surface area contributed by atoms with Gasteiger partial charge in [0.05, 0.1) is 12.1 Å². The second-order valence-corrected chi connectivity index (χ2v) is 4.11. The first kappa shape index (κ1) is 11.0. The molecule has 1 N–H and O–H groups in total. The van der Waals surface area contributed by atoms with Gasteiger partial charge in [-0.2, -0.15) is 0 Å². The van der Waals surface area contributed by atoms with E-state index < -0.39 is 0 Å². The van der Waals surface area contributed by atoms with Gasteiger partial charge in [-0.15, -0.1) is 0 Å². The van der Waals surface area contributed by atoms with Crippen LogP contribution in [-0.4, -0.2) is 24.2 Å². The Morgan fingerprint density at radius 1 is 1.43 bits per heavy atom. The quantitative estimate of drug-likeness (QED) is 0.798. The lowest BCUT2D eigenvalue weighted by molar-refractivity contribution is 0.158. The molecule has 1 rings (SSSR count). The molecule has 0 spiro atoms. The van der Waals surface area contributed by atoms with Crippen LogP contribution in [0, 0.1) is 6.92 Å². The number of pyridine rings is 1. The van der Waals surface area contributed by atoms with Gasteiger partial charge in [-0.1, -0.05) is 6.07 Å². The number of rotatable bonds is 4. The molecule has 3 nitrogen and oxygen atoms in total. The molecule has 0 aliphatic heterocycles. The third kappa shape index (κ3) is 3.34. The summed E-state index contributed by atoms with van der Waals surface area (Å²) >= 11 is 0. The molecule has 0 aliphatic rings. The number of hydrogen-bond acceptors (Lipinski definition) is 3. The van der Waals surface area contributed by atoms with Gasteiger partial charge in [-0.3, -0.25) is 0 Å². The van der Waals surface area contributed by atoms with E-state index in [0.29, 0.717) is 6.61 Å². The van der Waals surface area contributed by atoms with Crippen LogP contribution in [0.1, 0.15) is 19.5 Å². The number of ether oxygens (including phenoxy) is 1. The summed E-state index contributed by atoms with van der Waals surface area (Å²) in [5, 5.41) is 3.32. The molecule has 0 aromatic carbocycles. The highest BCUT2D eigenvalue weighted by Gasteiger charge is 2.17. The summed E-state index contributed by atoms with van der Waals surface area (Å²) in [6, 6.07) is 5.94. The third-order valence-electron chi connectivity index (χ3n) is 1.86. The molecule has 0 bridgehead atoms. The molecule has 1 heterocycles. The zero-order valence-corrected chi connectivity index (χ0v) is 9.29. The Balaban J connectivity index is 2.68. The summed E-state index contributed by atoms with van der Waals surface area (Å²) < 4.78 is 5.12. The molecule has 1 aromatic rings. The highest BCUT2D eigenvalue weighted by Crippen LogP contribution is 2.13. The first-order valence-corrected chi connectivity index (χ1v) is 4.74. The van der Waals surface area contributed by atoms with Gasteiger partial charge in [0.2, 0.25) is 0 Å². The van der Waals surface area contributed by atoms with Crippen LogP contribution in [0.25, 0.3) is 0 Å². The first-order chi connectivity index (χ1) is 6.53. The fourth-order valence-electron chi connectivity index (χ4n) is 1.36. The van der Waals surface area contributed by atoms with Crippen LogP contribution in [0.4, 0.5) is 5.82 Å². The molecule has 0 fully saturated rings. The number of nitrogens with one attached hydrogen (secondary N) is 1. The standard InChI is InChI=1S/C11H18N2O/c1-9-6-5-7-10(12-9)13-11(2,3)8-14-4/h5-7H,8H2,1-4H3,(H,12,13). The lowest BCUT2D eigenvalue weighted by Gasteiger charge is -2.25. The number of anilines is 1. The number of methoxy groups -OCH3 is 1. The van der Waals surface area contributed by atoms with Crippen LogP contribution in [0.2, 0.25) is 0 Å². The Morgan fingerprint density at radius 2 is 2.14 bits per heavy atom. The fraction of sp³-hybridized carbons (Fsp3) is 0.545. The van der Waals surface area contributed by atoms with Crippen LogP contribution in [-0.2, 0) is 4.74 Å². The fourth-order valence-corrected chi connectivity index (χ4v) is 1.36. The first-order valence-electron chi connectivity index (χ1n) is 4.74. The molecule has 0 radical (unpaired) electrons. The van der Waals surface area contributed by atoms with Crippen molar-refractivity contribution in [2.45, 2.75) is 26.3 Å². The van der Waals surface area contributed by atoms with Gasteiger partial charge in [0, 0.05) is 12.8 Å². The molecule has 0 saturated carbocycles. The van der Waals surface area contributed by atoms with Gasteiger partial charge < -0.3 is 10.1 Å². The van der Waals surface area contributed by atoms with Crippen molar-refractivity contribution in [3.63, 3.8) is 0 Å². The van der Waals surface area contributed by atoms with E-state index in [1.54, 1.807) is 7.11 Å². The van der Waals surface area contributed by atoms with E-state index in [1.807, 2.05) is 25.1 Å². The summed E-state index contributed by atoms with van der Waals surface area (Å²) in [4.78, 5) is 4.37. The Morgan fingerprint density at radius 3 is 2.71 bits per heavy atom. The smallest absolute Gasteiger partial charge is 0.126 e. The van der Waals surface area contributed by atoms with E-state index >= 15 is 0 Å². The maximum Gasteiger partial charge on any atom is 0.126 e. The van der Waals surface area contributed by atoms with Gasteiger partial charge in [0.1, 0.15) is 5.82 Å². The molecule has 3 heteroatoms. The van der Waals surface area contributed by atoms with Crippen molar-refractivity contribution in [3.8, 4) is 0 Å². The minimum atomic E-state index is -0.0878. The number of hydrogen-bond donors (Lipinski definition) is 1. The Bertz CT molecular complexity index is 297. The molecule has 0 aliphatic carbocycles. The summed E-state index contributed by atoms with van der Waals surface area (Å²) in [6.07, 6.45) is 0. The van der Waals surface area contributed by atoms with Crippen molar-refractivity contribution < 1.29 is 4.74 Å². The highest BCUT2D eigenvalue weighted by atomic mass is 16.5. The maximum absolute atomic E-state index is 5.12. The normalized spacial score (nSPS) is 11.4. The van der Waals surface area contributed by atoms with E-state index in [9.17, 15) is 0 Å². The topological polar surface area (TPSA) is 34.1 Å². The zero-order chi connectivity index (χ0) is 10.6. The van der Waals surface area contributed by atoms with Crippen molar-refractivity contribution in [1.29, 1.82) is 0 Å². The van der Waals surface area contributed by atoms with Crippen LogP contribution in [0.15, 0.2) is 18.2 Å². The van der Waals surface area contributed by atoms with Crippen molar-refractivity contribution >= 4 is 5.82 Å². The van der Waals surface area contributed by atoms with Crippen molar-refractivity contribution in [3.05, 3.63) is 23.9 Å². The summed E-state index contributed by atoms with van der Waals surface area (Å²) in [7, 11) is 1.70. The van der Waals surface area contributed by atoms with Gasteiger partial charge >= 0.3 is 0 Å². The largest absolute Gasteiger partial charge is 0.382 e. The molecule has 0 atom stereocenters. The van der Waals surface area contributed by atoms with Crippen molar-refractivity contribution in [1.82, 2.24) is 4.98 Å². The lowest BCUT2D eigenvalue weighted by atomic mass is 10.1. The summed E-state index contributed by atoms with van der Waals surface area (Å²) in [5.74, 6) is 0.895. The maximum atomic E-state index is 5.12. The van der Waals surface area contributed by atoms with Crippen LogP contribution >= 0.6 is 0 Å². The summed E-state index contributed by atoms with van der Waals surface area (Å²) in [6.45, 7) is 6.80. The average molecular weight is 194 g/mol. The van der Waals surface area contributed by atoms with Gasteiger partial charge in [-0.05, 0) is 32.9 Å². The number of aryl methyl sites for hydroxylation is 1. The van der Waals surface area contributed by atoms with Gasteiger partial charge in [-0.25, -0.2) is 4.98 Å². The SMILES string of the molecule is COCC(C)(C)Nc1cccc(C)n1. The predicted molar refractivity (Wildman–Crippen MR) is 58.6 cm³/mol. The number of nitrogens with zero attached hydrogens (tertiary/aromatic N) is 1. The van der Waals surface area contributed by atoms with Crippen molar-refractivity contribution in [2.24, 2.45) is 0 Å². The Labute approximate surface area is 85.5 Å². The Hall–Kier alpha value is -1.09. The zero-order valence-electron chi connectivity index (χ0n) is 9.29. The van der Waals surface area contributed by atoms with Crippen LogP contribution in [0.5, 0.6) is 0 Å². The predicted octanol–water partition coefficient (Wildman–Crippen LogP) is 2.23. The average Bonchev–Trinajstić information content (AvgIpc) is 2.02. The monoisotopic (exact) mass is 194 g/mol. The molecular weight excluding hydrogens is 176 g/mol.